The molecule has 1 aliphatic rings. The van der Waals surface area contributed by atoms with Crippen molar-refractivity contribution in [3.63, 3.8) is 0 Å². The lowest BCUT2D eigenvalue weighted by Gasteiger charge is -2.18. The lowest BCUT2D eigenvalue weighted by molar-refractivity contribution is 0.476. The molecule has 0 amide bonds. The molecule has 1 aliphatic heterocycles. The van der Waals surface area contributed by atoms with Gasteiger partial charge in [0, 0.05) is 31.0 Å². The molecule has 164 valence electrons. The van der Waals surface area contributed by atoms with Gasteiger partial charge in [-0.1, -0.05) is 18.2 Å². The summed E-state index contributed by atoms with van der Waals surface area (Å²) in [5.74, 6) is 0.455. The Hall–Kier alpha value is -3.49. The number of nitrogens with zero attached hydrogens (tertiary/aromatic N) is 4. The Kier molecular flexibility index (Phi) is 5.24. The molecule has 8 heteroatoms. The number of rotatable bonds is 5. The Morgan fingerprint density at radius 3 is 2.88 bits per heavy atom. The lowest BCUT2D eigenvalue weighted by Crippen LogP contribution is -2.24. The quantitative estimate of drug-likeness (QED) is 0.451. The monoisotopic (exact) mass is 429 g/mol. The third-order valence-corrected chi connectivity index (χ3v) is 5.85. The van der Waals surface area contributed by atoms with Crippen LogP contribution in [0.25, 0.3) is 16.7 Å². The minimum atomic E-state index is -0.110. The molecule has 0 bridgehead atoms. The van der Waals surface area contributed by atoms with Gasteiger partial charge in [0.25, 0.3) is 5.56 Å². The topological polar surface area (TPSA) is 103 Å². The highest BCUT2D eigenvalue weighted by atomic mass is 16.1. The molecule has 32 heavy (non-hydrogen) atoms. The Labute approximate surface area is 186 Å². The standard InChI is InChI=1S/C24H27N7O/c1-15(2)30-23(32)21-14-27-24(28-19-7-6-18-13-26-9-8-17(18)11-19)29-22(21)31(30)20-5-3-4-16(10-20)12-25/h3-7,10-11,14-15,26H,8-9,12-13,25H2,1-2H3,(H,27,28,29). The molecule has 0 aliphatic carbocycles. The Morgan fingerprint density at radius 1 is 1.19 bits per heavy atom. The van der Waals surface area contributed by atoms with E-state index in [2.05, 4.69) is 27.8 Å². The maximum atomic E-state index is 13.2. The molecule has 5 rings (SSSR count). The number of hydrogen-bond acceptors (Lipinski definition) is 6. The first kappa shape index (κ1) is 20.4. The van der Waals surface area contributed by atoms with E-state index < -0.39 is 0 Å². The Morgan fingerprint density at radius 2 is 2.06 bits per heavy atom. The molecule has 0 spiro atoms. The fraction of sp³-hybridized carbons (Fsp3) is 0.292. The highest BCUT2D eigenvalue weighted by molar-refractivity contribution is 5.77. The van der Waals surface area contributed by atoms with Crippen LogP contribution < -0.4 is 21.9 Å². The third kappa shape index (κ3) is 3.57. The van der Waals surface area contributed by atoms with E-state index in [4.69, 9.17) is 10.7 Å². The molecule has 8 nitrogen and oxygen atoms in total. The van der Waals surface area contributed by atoms with Gasteiger partial charge in [-0.15, -0.1) is 0 Å². The number of anilines is 2. The second-order valence-corrected chi connectivity index (χ2v) is 8.40. The predicted octanol–water partition coefficient (Wildman–Crippen LogP) is 3.01. The molecule has 3 heterocycles. The van der Waals surface area contributed by atoms with E-state index in [1.807, 2.05) is 48.9 Å². The minimum absolute atomic E-state index is 0.0519. The SMILES string of the molecule is CC(C)n1c(=O)c2cnc(Nc3ccc4c(c3)CCNC4)nc2n1-c1cccc(CN)c1. The van der Waals surface area contributed by atoms with Gasteiger partial charge in [0.05, 0.1) is 5.69 Å². The summed E-state index contributed by atoms with van der Waals surface area (Å²) in [5.41, 5.74) is 11.7. The van der Waals surface area contributed by atoms with Crippen LogP contribution in [-0.4, -0.2) is 25.9 Å². The van der Waals surface area contributed by atoms with Gasteiger partial charge in [-0.05, 0) is 67.8 Å². The molecule has 0 radical (unpaired) electrons. The predicted molar refractivity (Wildman–Crippen MR) is 127 cm³/mol. The summed E-state index contributed by atoms with van der Waals surface area (Å²) in [6, 6.07) is 14.1. The summed E-state index contributed by atoms with van der Waals surface area (Å²) in [7, 11) is 0. The zero-order chi connectivity index (χ0) is 22.2. The number of nitrogens with two attached hydrogens (primary N) is 1. The van der Waals surface area contributed by atoms with E-state index in [0.29, 0.717) is 23.5 Å². The van der Waals surface area contributed by atoms with Crippen molar-refractivity contribution >= 4 is 22.7 Å². The van der Waals surface area contributed by atoms with Crippen molar-refractivity contribution < 1.29 is 0 Å². The summed E-state index contributed by atoms with van der Waals surface area (Å²) in [4.78, 5) is 22.3. The number of fused-ring (bicyclic) bond motifs is 2. The molecule has 0 unspecified atom stereocenters. The van der Waals surface area contributed by atoms with Gasteiger partial charge in [-0.25, -0.2) is 14.3 Å². The molecule has 0 fully saturated rings. The van der Waals surface area contributed by atoms with E-state index in [1.54, 1.807) is 10.9 Å². The second-order valence-electron chi connectivity index (χ2n) is 8.40. The van der Waals surface area contributed by atoms with Crippen LogP contribution in [0.4, 0.5) is 11.6 Å². The molecular formula is C24H27N7O. The average molecular weight is 430 g/mol. The summed E-state index contributed by atoms with van der Waals surface area (Å²) in [6.45, 7) is 6.27. The van der Waals surface area contributed by atoms with Crippen LogP contribution in [0.1, 0.15) is 36.6 Å². The molecule has 4 N–H and O–H groups in total. The van der Waals surface area contributed by atoms with Crippen LogP contribution in [-0.2, 0) is 19.5 Å². The first-order valence-corrected chi connectivity index (χ1v) is 10.9. The lowest BCUT2D eigenvalue weighted by atomic mass is 10.0. The van der Waals surface area contributed by atoms with Gasteiger partial charge in [0.1, 0.15) is 5.39 Å². The third-order valence-electron chi connectivity index (χ3n) is 5.85. The minimum Gasteiger partial charge on any atom is -0.326 e. The van der Waals surface area contributed by atoms with Crippen LogP contribution >= 0.6 is 0 Å². The maximum Gasteiger partial charge on any atom is 0.278 e. The smallest absolute Gasteiger partial charge is 0.278 e. The van der Waals surface area contributed by atoms with Crippen LogP contribution in [0.3, 0.4) is 0 Å². The number of nitrogens with one attached hydrogen (secondary N) is 2. The molecule has 0 atom stereocenters. The number of hydrogen-bond donors (Lipinski definition) is 3. The van der Waals surface area contributed by atoms with E-state index in [9.17, 15) is 4.79 Å². The zero-order valence-electron chi connectivity index (χ0n) is 18.3. The normalized spacial score (nSPS) is 13.5. The number of benzene rings is 2. The van der Waals surface area contributed by atoms with Crippen molar-refractivity contribution in [1.82, 2.24) is 24.6 Å². The fourth-order valence-corrected chi connectivity index (χ4v) is 4.27. The van der Waals surface area contributed by atoms with Crippen molar-refractivity contribution in [2.75, 3.05) is 11.9 Å². The van der Waals surface area contributed by atoms with Crippen LogP contribution in [0, 0.1) is 0 Å². The van der Waals surface area contributed by atoms with Crippen molar-refractivity contribution in [1.29, 1.82) is 0 Å². The fourth-order valence-electron chi connectivity index (χ4n) is 4.27. The van der Waals surface area contributed by atoms with E-state index in [-0.39, 0.29) is 11.6 Å². The first-order valence-electron chi connectivity index (χ1n) is 10.9. The highest BCUT2D eigenvalue weighted by Gasteiger charge is 2.19. The molecule has 0 saturated carbocycles. The van der Waals surface area contributed by atoms with Gasteiger partial charge in [0.2, 0.25) is 5.95 Å². The van der Waals surface area contributed by atoms with Crippen molar-refractivity contribution in [2.45, 2.75) is 39.4 Å². The second kappa shape index (κ2) is 8.22. The molecule has 4 aromatic rings. The van der Waals surface area contributed by atoms with Crippen LogP contribution in [0.15, 0.2) is 53.5 Å². The number of aromatic nitrogens is 4. The van der Waals surface area contributed by atoms with Crippen molar-refractivity contribution in [3.8, 4) is 5.69 Å². The van der Waals surface area contributed by atoms with E-state index >= 15 is 0 Å². The molecule has 2 aromatic heterocycles. The van der Waals surface area contributed by atoms with Gasteiger partial charge >= 0.3 is 0 Å². The van der Waals surface area contributed by atoms with Crippen LogP contribution in [0.5, 0.6) is 0 Å². The molecular weight excluding hydrogens is 402 g/mol. The zero-order valence-corrected chi connectivity index (χ0v) is 18.3. The largest absolute Gasteiger partial charge is 0.326 e. The maximum absolute atomic E-state index is 13.2. The summed E-state index contributed by atoms with van der Waals surface area (Å²) in [5, 5.41) is 7.19. The van der Waals surface area contributed by atoms with Crippen molar-refractivity contribution in [2.24, 2.45) is 5.73 Å². The van der Waals surface area contributed by atoms with E-state index in [1.165, 1.54) is 11.1 Å². The highest BCUT2D eigenvalue weighted by Crippen LogP contribution is 2.23. The van der Waals surface area contributed by atoms with Gasteiger partial charge in [0.15, 0.2) is 5.65 Å². The average Bonchev–Trinajstić information content (AvgIpc) is 3.11. The molecule has 0 saturated heterocycles. The van der Waals surface area contributed by atoms with Crippen LogP contribution in [0.2, 0.25) is 0 Å². The van der Waals surface area contributed by atoms with Gasteiger partial charge in [-0.3, -0.25) is 4.79 Å². The Balaban J connectivity index is 1.62. The van der Waals surface area contributed by atoms with Gasteiger partial charge in [-0.2, -0.15) is 4.98 Å². The molecule has 2 aromatic carbocycles. The summed E-state index contributed by atoms with van der Waals surface area (Å²) >= 11 is 0. The summed E-state index contributed by atoms with van der Waals surface area (Å²) < 4.78 is 3.58. The van der Waals surface area contributed by atoms with Crippen molar-refractivity contribution in [3.05, 3.63) is 75.7 Å². The van der Waals surface area contributed by atoms with E-state index in [0.717, 1.165) is 36.4 Å². The first-order chi connectivity index (χ1) is 15.5. The Bertz CT molecular complexity index is 1350. The van der Waals surface area contributed by atoms with Gasteiger partial charge < -0.3 is 16.4 Å². The summed E-state index contributed by atoms with van der Waals surface area (Å²) in [6.07, 6.45) is 2.61.